The summed E-state index contributed by atoms with van der Waals surface area (Å²) in [6.07, 6.45) is 4.05. The SMILES string of the molecule is C=C/C=C(\SCC)c1c(C)nc(-c2cccc(F)c2O)n(CCc2ccccc2)c1=O. The van der Waals surface area contributed by atoms with Crippen LogP contribution in [0.1, 0.15) is 23.7 Å². The van der Waals surface area contributed by atoms with Crippen molar-refractivity contribution in [1.82, 2.24) is 9.55 Å². The third-order valence-electron chi connectivity index (χ3n) is 4.86. The van der Waals surface area contributed by atoms with Gasteiger partial charge in [-0.15, -0.1) is 11.8 Å². The van der Waals surface area contributed by atoms with E-state index in [2.05, 4.69) is 11.6 Å². The van der Waals surface area contributed by atoms with Gasteiger partial charge in [0, 0.05) is 11.4 Å². The van der Waals surface area contributed by atoms with Crippen molar-refractivity contribution in [2.24, 2.45) is 0 Å². The Morgan fingerprint density at radius 3 is 2.65 bits per heavy atom. The molecule has 0 saturated carbocycles. The van der Waals surface area contributed by atoms with E-state index in [9.17, 15) is 14.3 Å². The number of hydrogen-bond acceptors (Lipinski definition) is 4. The molecule has 0 atom stereocenters. The van der Waals surface area contributed by atoms with E-state index in [1.807, 2.05) is 37.3 Å². The highest BCUT2D eigenvalue weighted by Crippen LogP contribution is 2.32. The van der Waals surface area contributed by atoms with Gasteiger partial charge in [-0.1, -0.05) is 56.0 Å². The van der Waals surface area contributed by atoms with Crippen LogP contribution in [0.25, 0.3) is 16.3 Å². The minimum Gasteiger partial charge on any atom is -0.504 e. The fourth-order valence-corrected chi connectivity index (χ4v) is 4.29. The van der Waals surface area contributed by atoms with Crippen LogP contribution in [0.3, 0.4) is 0 Å². The lowest BCUT2D eigenvalue weighted by Gasteiger charge is -2.18. The highest BCUT2D eigenvalue weighted by atomic mass is 32.2. The predicted molar refractivity (Wildman–Crippen MR) is 127 cm³/mol. The molecule has 1 N–H and O–H groups in total. The molecule has 0 unspecified atom stereocenters. The Kier molecular flexibility index (Phi) is 7.47. The summed E-state index contributed by atoms with van der Waals surface area (Å²) < 4.78 is 15.6. The molecule has 0 aliphatic heterocycles. The zero-order valence-corrected chi connectivity index (χ0v) is 18.5. The van der Waals surface area contributed by atoms with Crippen molar-refractivity contribution in [3.05, 3.63) is 100 Å². The Hall–Kier alpha value is -3.12. The normalized spacial score (nSPS) is 11.5. The Morgan fingerprint density at radius 1 is 1.23 bits per heavy atom. The molecule has 1 heterocycles. The number of phenols is 1. The summed E-state index contributed by atoms with van der Waals surface area (Å²) in [5.41, 5.74) is 2.05. The minimum atomic E-state index is -0.753. The van der Waals surface area contributed by atoms with E-state index >= 15 is 0 Å². The van der Waals surface area contributed by atoms with E-state index < -0.39 is 11.6 Å². The van der Waals surface area contributed by atoms with Crippen LogP contribution in [-0.2, 0) is 13.0 Å². The molecular weight excluding hydrogens is 411 g/mol. The molecule has 3 aromatic rings. The van der Waals surface area contributed by atoms with Gasteiger partial charge in [0.2, 0.25) is 0 Å². The Bertz CT molecular complexity index is 1170. The lowest BCUT2D eigenvalue weighted by molar-refractivity contribution is 0.433. The third kappa shape index (κ3) is 4.97. The first-order valence-corrected chi connectivity index (χ1v) is 11.1. The second-order valence-electron chi connectivity index (χ2n) is 6.92. The van der Waals surface area contributed by atoms with Crippen LogP contribution in [0.4, 0.5) is 4.39 Å². The van der Waals surface area contributed by atoms with Crippen molar-refractivity contribution < 1.29 is 9.50 Å². The van der Waals surface area contributed by atoms with Gasteiger partial charge >= 0.3 is 0 Å². The van der Waals surface area contributed by atoms with Crippen molar-refractivity contribution in [3.63, 3.8) is 0 Å². The van der Waals surface area contributed by atoms with E-state index in [0.717, 1.165) is 16.2 Å². The van der Waals surface area contributed by atoms with Crippen molar-refractivity contribution >= 4 is 16.7 Å². The average Bonchev–Trinajstić information content (AvgIpc) is 2.76. The van der Waals surface area contributed by atoms with Gasteiger partial charge in [0.05, 0.1) is 16.8 Å². The van der Waals surface area contributed by atoms with E-state index in [0.29, 0.717) is 24.2 Å². The average molecular weight is 437 g/mol. The molecule has 6 heteroatoms. The predicted octanol–water partition coefficient (Wildman–Crippen LogP) is 5.59. The number of aromatic hydroxyl groups is 1. The second kappa shape index (κ2) is 10.3. The van der Waals surface area contributed by atoms with Gasteiger partial charge in [-0.25, -0.2) is 9.37 Å². The molecular formula is C25H25FN2O2S. The summed E-state index contributed by atoms with van der Waals surface area (Å²) in [6.45, 7) is 7.87. The molecule has 0 radical (unpaired) electrons. The molecule has 1 aromatic heterocycles. The number of aromatic nitrogens is 2. The summed E-state index contributed by atoms with van der Waals surface area (Å²) in [5, 5.41) is 10.3. The number of thioether (sulfide) groups is 1. The van der Waals surface area contributed by atoms with E-state index in [-0.39, 0.29) is 16.9 Å². The summed E-state index contributed by atoms with van der Waals surface area (Å²) in [5.74, 6) is -0.232. The number of benzene rings is 2. The minimum absolute atomic E-state index is 0.192. The molecule has 160 valence electrons. The zero-order valence-electron chi connectivity index (χ0n) is 17.6. The lowest BCUT2D eigenvalue weighted by atomic mass is 10.1. The molecule has 4 nitrogen and oxygen atoms in total. The molecule has 0 spiro atoms. The zero-order chi connectivity index (χ0) is 22.4. The number of allylic oxidation sites excluding steroid dienone is 2. The highest BCUT2D eigenvalue weighted by molar-refractivity contribution is 8.08. The Balaban J connectivity index is 2.22. The molecule has 0 bridgehead atoms. The van der Waals surface area contributed by atoms with E-state index in [1.165, 1.54) is 28.5 Å². The Labute approximate surface area is 185 Å². The number of nitrogens with zero attached hydrogens (tertiary/aromatic N) is 2. The number of aryl methyl sites for hydroxylation is 2. The molecule has 0 fully saturated rings. The maximum atomic E-state index is 14.1. The van der Waals surface area contributed by atoms with Crippen LogP contribution in [0, 0.1) is 12.7 Å². The molecule has 2 aromatic carbocycles. The van der Waals surface area contributed by atoms with Gasteiger partial charge in [-0.2, -0.15) is 0 Å². The molecule has 0 saturated heterocycles. The smallest absolute Gasteiger partial charge is 0.262 e. The fraction of sp³-hybridized carbons (Fsp3) is 0.200. The first kappa shape index (κ1) is 22.6. The molecule has 0 aliphatic carbocycles. The number of rotatable bonds is 8. The third-order valence-corrected chi connectivity index (χ3v) is 5.80. The van der Waals surface area contributed by atoms with Gasteiger partial charge in [0.25, 0.3) is 5.56 Å². The van der Waals surface area contributed by atoms with Crippen molar-refractivity contribution in [2.75, 3.05) is 5.75 Å². The number of hydrogen-bond donors (Lipinski definition) is 1. The molecule has 0 amide bonds. The first-order chi connectivity index (χ1) is 15.0. The van der Waals surface area contributed by atoms with Crippen LogP contribution in [-0.4, -0.2) is 20.4 Å². The maximum Gasteiger partial charge on any atom is 0.262 e. The number of para-hydroxylation sites is 1. The standard InChI is InChI=1S/C25H25FN2O2S/c1-4-10-21(31-5-2)22-17(3)27-24(19-13-9-14-20(26)23(19)29)28(25(22)30)16-15-18-11-7-6-8-12-18/h4,6-14,29H,1,5,15-16H2,2-3H3/b21-10-. The fourth-order valence-electron chi connectivity index (χ4n) is 3.41. The second-order valence-corrected chi connectivity index (χ2v) is 8.23. The van der Waals surface area contributed by atoms with Gasteiger partial charge in [0.15, 0.2) is 11.6 Å². The van der Waals surface area contributed by atoms with Crippen LogP contribution >= 0.6 is 11.8 Å². The largest absolute Gasteiger partial charge is 0.504 e. The molecule has 31 heavy (non-hydrogen) atoms. The summed E-state index contributed by atoms with van der Waals surface area (Å²) in [6, 6.07) is 14.0. The van der Waals surface area contributed by atoms with E-state index in [1.54, 1.807) is 25.1 Å². The van der Waals surface area contributed by atoms with Gasteiger partial charge < -0.3 is 5.11 Å². The number of halogens is 1. The Morgan fingerprint density at radius 2 is 1.97 bits per heavy atom. The quantitative estimate of drug-likeness (QED) is 0.468. The number of phenolic OH excluding ortho intramolecular Hbond substituents is 1. The summed E-state index contributed by atoms with van der Waals surface area (Å²) >= 11 is 1.54. The van der Waals surface area contributed by atoms with E-state index in [4.69, 9.17) is 0 Å². The van der Waals surface area contributed by atoms with Crippen LogP contribution in [0.2, 0.25) is 0 Å². The summed E-state index contributed by atoms with van der Waals surface area (Å²) in [4.78, 5) is 19.1. The van der Waals surface area contributed by atoms with Crippen LogP contribution in [0.5, 0.6) is 5.75 Å². The topological polar surface area (TPSA) is 55.1 Å². The van der Waals surface area contributed by atoms with Gasteiger partial charge in [-0.3, -0.25) is 9.36 Å². The van der Waals surface area contributed by atoms with Crippen molar-refractivity contribution in [3.8, 4) is 17.1 Å². The van der Waals surface area contributed by atoms with Crippen molar-refractivity contribution in [2.45, 2.75) is 26.8 Å². The summed E-state index contributed by atoms with van der Waals surface area (Å²) in [7, 11) is 0. The lowest BCUT2D eigenvalue weighted by Crippen LogP contribution is -2.28. The van der Waals surface area contributed by atoms with Crippen molar-refractivity contribution in [1.29, 1.82) is 0 Å². The van der Waals surface area contributed by atoms with Gasteiger partial charge in [0.1, 0.15) is 5.82 Å². The monoisotopic (exact) mass is 436 g/mol. The van der Waals surface area contributed by atoms with Crippen LogP contribution in [0.15, 0.2) is 72.1 Å². The first-order valence-electron chi connectivity index (χ1n) is 10.1. The highest BCUT2D eigenvalue weighted by Gasteiger charge is 2.21. The molecule has 3 rings (SSSR count). The molecule has 0 aliphatic rings. The van der Waals surface area contributed by atoms with Gasteiger partial charge in [-0.05, 0) is 42.9 Å². The van der Waals surface area contributed by atoms with Crippen LogP contribution < -0.4 is 5.56 Å². The maximum absolute atomic E-state index is 14.1.